The fraction of sp³-hybridized carbons (Fsp3) is 0.250. The molecule has 4 aromatic heterocycles. The van der Waals surface area contributed by atoms with Crippen molar-refractivity contribution in [1.29, 1.82) is 0 Å². The van der Waals surface area contributed by atoms with Crippen molar-refractivity contribution in [1.82, 2.24) is 29.3 Å². The van der Waals surface area contributed by atoms with E-state index in [-0.39, 0.29) is 43.3 Å². The van der Waals surface area contributed by atoms with E-state index in [1.54, 1.807) is 0 Å². The molecule has 0 aliphatic rings. The number of halogens is 5. The summed E-state index contributed by atoms with van der Waals surface area (Å²) >= 11 is 0. The summed E-state index contributed by atoms with van der Waals surface area (Å²) in [6.07, 6.45) is -2.38. The minimum absolute atomic E-state index is 0.0146. The van der Waals surface area contributed by atoms with Crippen LogP contribution in [0.1, 0.15) is 6.92 Å². The van der Waals surface area contributed by atoms with E-state index < -0.39 is 34.0 Å². The zero-order valence-corrected chi connectivity index (χ0v) is 18.6. The van der Waals surface area contributed by atoms with Gasteiger partial charge in [-0.2, -0.15) is 27.1 Å². The molecule has 0 aliphatic heterocycles. The van der Waals surface area contributed by atoms with Crippen molar-refractivity contribution >= 4 is 20.7 Å². The van der Waals surface area contributed by atoms with Crippen LogP contribution in [0.5, 0.6) is 0 Å². The summed E-state index contributed by atoms with van der Waals surface area (Å²) in [7, 11) is -3.80. The Morgan fingerprint density at radius 1 is 1.06 bits per heavy atom. The molecule has 0 N–H and O–H groups in total. The van der Waals surface area contributed by atoms with Gasteiger partial charge < -0.3 is 4.57 Å². The van der Waals surface area contributed by atoms with Crippen molar-refractivity contribution in [2.75, 3.05) is 5.75 Å². The molecular formula is C20H15F5N6O3S. The van der Waals surface area contributed by atoms with Crippen LogP contribution < -0.4 is 5.56 Å². The number of hydrogen-bond acceptors (Lipinski definition) is 7. The van der Waals surface area contributed by atoms with E-state index in [2.05, 4.69) is 20.1 Å². The Kier molecular flexibility index (Phi) is 5.91. The van der Waals surface area contributed by atoms with Gasteiger partial charge in [0.15, 0.2) is 15.7 Å². The molecule has 4 aromatic rings. The molecule has 0 saturated carbocycles. The first-order valence-electron chi connectivity index (χ1n) is 9.87. The van der Waals surface area contributed by atoms with Gasteiger partial charge in [-0.15, -0.1) is 0 Å². The highest BCUT2D eigenvalue weighted by molar-refractivity contribution is 7.91. The lowest BCUT2D eigenvalue weighted by molar-refractivity contribution is -0.286. The summed E-state index contributed by atoms with van der Waals surface area (Å²) in [6.45, 7) is -0.513. The predicted octanol–water partition coefficient (Wildman–Crippen LogP) is 3.03. The normalized spacial score (nSPS) is 12.9. The van der Waals surface area contributed by atoms with Crippen molar-refractivity contribution in [2.45, 2.75) is 30.5 Å². The topological polar surface area (TPSA) is 113 Å². The van der Waals surface area contributed by atoms with Gasteiger partial charge in [0.1, 0.15) is 18.3 Å². The van der Waals surface area contributed by atoms with Gasteiger partial charge in [0.25, 0.3) is 5.56 Å². The van der Waals surface area contributed by atoms with Crippen molar-refractivity contribution in [2.24, 2.45) is 0 Å². The molecule has 0 atom stereocenters. The van der Waals surface area contributed by atoms with Gasteiger partial charge in [-0.1, -0.05) is 6.92 Å². The standard InChI is InChI=1S/C20H15F5N6O3S/c1-2-35(33,34)15-4-5-16(31-11-26-10-28-31)29-18(15)13-7-12-3-6-17(32)30(14(12)8-27-13)9-19(21,22)20(23,24)25/h3-8,10-11H,2,9H2,1H3. The number of aromatic nitrogens is 6. The Bertz CT molecular complexity index is 1570. The molecule has 184 valence electrons. The van der Waals surface area contributed by atoms with Crippen LogP contribution in [0.15, 0.2) is 58.9 Å². The fourth-order valence-corrected chi connectivity index (χ4v) is 4.28. The average molecular weight is 514 g/mol. The molecule has 4 rings (SSSR count). The first-order valence-corrected chi connectivity index (χ1v) is 11.5. The minimum atomic E-state index is -5.86. The Morgan fingerprint density at radius 2 is 1.80 bits per heavy atom. The van der Waals surface area contributed by atoms with Gasteiger partial charge in [-0.3, -0.25) is 9.78 Å². The van der Waals surface area contributed by atoms with Gasteiger partial charge in [-0.25, -0.2) is 23.1 Å². The van der Waals surface area contributed by atoms with Gasteiger partial charge in [-0.05, 0) is 24.3 Å². The van der Waals surface area contributed by atoms with Crippen LogP contribution in [0, 0.1) is 0 Å². The maximum Gasteiger partial charge on any atom is 0.455 e. The highest BCUT2D eigenvalue weighted by Crippen LogP contribution is 2.37. The molecule has 0 aromatic carbocycles. The van der Waals surface area contributed by atoms with Crippen molar-refractivity contribution in [3.05, 3.63) is 59.5 Å². The maximum atomic E-state index is 13.7. The molecule has 4 heterocycles. The summed E-state index contributed by atoms with van der Waals surface area (Å²) < 4.78 is 92.4. The fourth-order valence-electron chi connectivity index (χ4n) is 3.25. The smallest absolute Gasteiger partial charge is 0.300 e. The number of alkyl halides is 5. The van der Waals surface area contributed by atoms with E-state index >= 15 is 0 Å². The van der Waals surface area contributed by atoms with Crippen LogP contribution >= 0.6 is 0 Å². The molecule has 0 saturated heterocycles. The Morgan fingerprint density at radius 3 is 2.43 bits per heavy atom. The number of sulfone groups is 1. The van der Waals surface area contributed by atoms with Crippen molar-refractivity contribution < 1.29 is 30.4 Å². The van der Waals surface area contributed by atoms with Crippen LogP contribution in [0.2, 0.25) is 0 Å². The van der Waals surface area contributed by atoms with Gasteiger partial charge >= 0.3 is 12.1 Å². The predicted molar refractivity (Wildman–Crippen MR) is 113 cm³/mol. The molecule has 15 heteroatoms. The number of rotatable bonds is 6. The quantitative estimate of drug-likeness (QED) is 0.364. The van der Waals surface area contributed by atoms with Gasteiger partial charge in [0.2, 0.25) is 0 Å². The summed E-state index contributed by atoms with van der Waals surface area (Å²) in [5.74, 6) is -5.23. The third-order valence-electron chi connectivity index (χ3n) is 5.10. The monoisotopic (exact) mass is 514 g/mol. The molecule has 0 aliphatic carbocycles. The zero-order chi connectivity index (χ0) is 25.6. The largest absolute Gasteiger partial charge is 0.455 e. The van der Waals surface area contributed by atoms with Gasteiger partial charge in [0, 0.05) is 11.5 Å². The molecule has 0 radical (unpaired) electrons. The van der Waals surface area contributed by atoms with Crippen LogP contribution in [0.4, 0.5) is 22.0 Å². The number of fused-ring (bicyclic) bond motifs is 1. The molecular weight excluding hydrogens is 499 g/mol. The van der Waals surface area contributed by atoms with Crippen LogP contribution in [-0.4, -0.2) is 55.6 Å². The highest BCUT2D eigenvalue weighted by atomic mass is 32.2. The summed E-state index contributed by atoms with van der Waals surface area (Å²) in [6, 6.07) is 5.99. The van der Waals surface area contributed by atoms with E-state index in [4.69, 9.17) is 0 Å². The molecule has 0 bridgehead atoms. The van der Waals surface area contributed by atoms with E-state index in [9.17, 15) is 35.2 Å². The first-order chi connectivity index (χ1) is 16.3. The van der Waals surface area contributed by atoms with E-state index in [1.807, 2.05) is 0 Å². The van der Waals surface area contributed by atoms with Crippen LogP contribution in [-0.2, 0) is 16.4 Å². The minimum Gasteiger partial charge on any atom is -0.300 e. The Hall–Kier alpha value is -3.75. The second-order valence-electron chi connectivity index (χ2n) is 7.35. The van der Waals surface area contributed by atoms with Crippen LogP contribution in [0.25, 0.3) is 28.1 Å². The summed E-state index contributed by atoms with van der Waals surface area (Å²) in [5.41, 5.74) is -1.49. The molecule has 9 nitrogen and oxygen atoms in total. The molecule has 0 spiro atoms. The summed E-state index contributed by atoms with van der Waals surface area (Å²) in [4.78, 5) is 24.1. The third kappa shape index (κ3) is 4.50. The van der Waals surface area contributed by atoms with E-state index in [0.29, 0.717) is 0 Å². The SMILES string of the molecule is CCS(=O)(=O)c1ccc(-n2cncn2)nc1-c1cc2ccc(=O)n(CC(F)(F)C(F)(F)F)c2cn1. The second kappa shape index (κ2) is 8.48. The lowest BCUT2D eigenvalue weighted by atomic mass is 10.1. The number of pyridine rings is 3. The number of hydrogen-bond donors (Lipinski definition) is 0. The van der Waals surface area contributed by atoms with Gasteiger partial charge in [0.05, 0.1) is 34.6 Å². The van der Waals surface area contributed by atoms with Crippen molar-refractivity contribution in [3.63, 3.8) is 0 Å². The average Bonchev–Trinajstić information content (AvgIpc) is 3.34. The molecule has 0 amide bonds. The highest BCUT2D eigenvalue weighted by Gasteiger charge is 2.57. The third-order valence-corrected chi connectivity index (χ3v) is 6.86. The zero-order valence-electron chi connectivity index (χ0n) is 17.7. The van der Waals surface area contributed by atoms with Crippen molar-refractivity contribution in [3.8, 4) is 17.2 Å². The van der Waals surface area contributed by atoms with E-state index in [1.165, 1.54) is 48.5 Å². The van der Waals surface area contributed by atoms with E-state index in [0.717, 1.165) is 12.3 Å². The second-order valence-corrected chi connectivity index (χ2v) is 9.59. The van der Waals surface area contributed by atoms with Crippen LogP contribution in [0.3, 0.4) is 0 Å². The lowest BCUT2D eigenvalue weighted by Crippen LogP contribution is -2.42. The lowest BCUT2D eigenvalue weighted by Gasteiger charge is -2.21. The molecule has 0 fully saturated rings. The Balaban J connectivity index is 1.91. The molecule has 35 heavy (non-hydrogen) atoms. The Labute approximate surface area is 193 Å². The first kappa shape index (κ1) is 24.4. The summed E-state index contributed by atoms with van der Waals surface area (Å²) in [5, 5.41) is 4.00. The number of nitrogens with zero attached hydrogens (tertiary/aromatic N) is 6. The maximum absolute atomic E-state index is 13.7. The molecule has 0 unspecified atom stereocenters.